The Hall–Kier alpha value is -1.64. The Morgan fingerprint density at radius 3 is 2.73 bits per heavy atom. The summed E-state index contributed by atoms with van der Waals surface area (Å²) in [6.45, 7) is 3.89. The zero-order valence-corrected chi connectivity index (χ0v) is 18.4. The van der Waals surface area contributed by atoms with Gasteiger partial charge in [0.15, 0.2) is 5.79 Å². The fourth-order valence-electron chi connectivity index (χ4n) is 4.09. The Morgan fingerprint density at radius 1 is 1.20 bits per heavy atom. The van der Waals surface area contributed by atoms with Crippen molar-refractivity contribution in [3.63, 3.8) is 0 Å². The Labute approximate surface area is 181 Å². The summed E-state index contributed by atoms with van der Waals surface area (Å²) in [6.07, 6.45) is 8.01. The molecule has 5 atom stereocenters. The van der Waals surface area contributed by atoms with E-state index in [4.69, 9.17) is 9.47 Å². The van der Waals surface area contributed by atoms with Crippen LogP contribution < -0.4 is 5.32 Å². The molecular formula is C22H31NO6S. The number of rotatable bonds is 1. The number of Topliss-reactive ketones (excluding diaryl/α,β-unsaturated/α-hetero) is 1. The maximum absolute atomic E-state index is 12.4. The molecule has 8 heteroatoms. The first-order chi connectivity index (χ1) is 14.2. The van der Waals surface area contributed by atoms with E-state index in [0.29, 0.717) is 37.9 Å². The fraction of sp³-hybridized carbons (Fsp3) is 0.682. The van der Waals surface area contributed by atoms with Crippen molar-refractivity contribution in [3.05, 3.63) is 23.8 Å². The van der Waals surface area contributed by atoms with E-state index in [1.165, 1.54) is 6.08 Å². The quantitative estimate of drug-likeness (QED) is 0.479. The normalized spacial score (nSPS) is 39.6. The minimum Gasteiger partial charge on any atom is -0.459 e. The lowest BCUT2D eigenvalue weighted by Gasteiger charge is -2.43. The van der Waals surface area contributed by atoms with E-state index >= 15 is 0 Å². The summed E-state index contributed by atoms with van der Waals surface area (Å²) in [5.74, 6) is -1.22. The lowest BCUT2D eigenvalue weighted by molar-refractivity contribution is -0.283. The molecule has 0 aromatic carbocycles. The van der Waals surface area contributed by atoms with Gasteiger partial charge >= 0.3 is 5.97 Å². The monoisotopic (exact) mass is 437 g/mol. The molecule has 2 N–H and O–H groups in total. The van der Waals surface area contributed by atoms with E-state index in [2.05, 4.69) is 12.2 Å². The number of carbonyl (C=O) groups excluding carboxylic acids is 3. The molecule has 3 rings (SSSR count). The summed E-state index contributed by atoms with van der Waals surface area (Å²) in [7, 11) is 0. The number of esters is 1. The van der Waals surface area contributed by atoms with Gasteiger partial charge in [-0.15, -0.1) is 0 Å². The van der Waals surface area contributed by atoms with E-state index in [1.807, 2.05) is 19.1 Å². The average Bonchev–Trinajstić information content (AvgIpc) is 3.11. The van der Waals surface area contributed by atoms with Crippen LogP contribution in [0.25, 0.3) is 0 Å². The highest BCUT2D eigenvalue weighted by Crippen LogP contribution is 2.37. The predicted octanol–water partition coefficient (Wildman–Crippen LogP) is 3.26. The molecule has 0 spiro atoms. The van der Waals surface area contributed by atoms with Gasteiger partial charge < -0.3 is 19.9 Å². The lowest BCUT2D eigenvalue weighted by Crippen LogP contribution is -2.58. The minimum atomic E-state index is -1.57. The highest BCUT2D eigenvalue weighted by Gasteiger charge is 2.49. The molecule has 0 saturated carbocycles. The van der Waals surface area contributed by atoms with Gasteiger partial charge in [0.2, 0.25) is 0 Å². The zero-order valence-electron chi connectivity index (χ0n) is 17.6. The molecular weight excluding hydrogens is 406 g/mol. The van der Waals surface area contributed by atoms with Gasteiger partial charge in [0.25, 0.3) is 5.24 Å². The first kappa shape index (κ1) is 23.0. The number of allylic oxidation sites excluding steroid dienone is 3. The molecule has 7 nitrogen and oxygen atoms in total. The standard InChI is InChI=1S/C22H31NO6S/c1-14-4-3-5-16(24)8-6-15(2)10-20(25)28-18-11-17(9-7-14)29-22(27,12-18)19-13-30-21(26)23-19/h3-4,10,14,17-19,27H,5-9,11-13H2,1-2H3,(H,23,26)/b4-3+,15-10-/t14-,17-,18-,19+,22-/m1/s1. The molecule has 2 bridgehead atoms. The summed E-state index contributed by atoms with van der Waals surface area (Å²) < 4.78 is 11.7. The number of hydrogen-bond acceptors (Lipinski definition) is 7. The van der Waals surface area contributed by atoms with Crippen molar-refractivity contribution in [2.75, 3.05) is 5.75 Å². The number of aliphatic hydroxyl groups is 1. The van der Waals surface area contributed by atoms with Gasteiger partial charge in [-0.05, 0) is 32.1 Å². The molecule has 0 aromatic rings. The van der Waals surface area contributed by atoms with Crippen LogP contribution in [0, 0.1) is 5.92 Å². The third-order valence-corrected chi connectivity index (χ3v) is 6.71. The van der Waals surface area contributed by atoms with Crippen LogP contribution >= 0.6 is 11.8 Å². The molecule has 166 valence electrons. The average molecular weight is 438 g/mol. The van der Waals surface area contributed by atoms with Crippen molar-refractivity contribution >= 4 is 28.8 Å². The smallest absolute Gasteiger partial charge is 0.330 e. The molecule has 1 amide bonds. The van der Waals surface area contributed by atoms with Gasteiger partial charge in [-0.3, -0.25) is 9.59 Å². The third kappa shape index (κ3) is 6.43. The first-order valence-electron chi connectivity index (χ1n) is 10.6. The molecule has 0 unspecified atom stereocenters. The number of carbonyl (C=O) groups is 3. The van der Waals surface area contributed by atoms with Crippen LogP contribution in [0.5, 0.6) is 0 Å². The van der Waals surface area contributed by atoms with Gasteiger partial charge in [0, 0.05) is 37.5 Å². The molecule has 0 aromatic heterocycles. The van der Waals surface area contributed by atoms with Gasteiger partial charge in [-0.2, -0.15) is 0 Å². The van der Waals surface area contributed by atoms with Crippen molar-refractivity contribution in [3.8, 4) is 0 Å². The first-order valence-corrected chi connectivity index (χ1v) is 11.6. The number of thioether (sulfide) groups is 1. The van der Waals surface area contributed by atoms with E-state index in [1.54, 1.807) is 0 Å². The molecule has 0 aliphatic carbocycles. The van der Waals surface area contributed by atoms with Crippen LogP contribution in [0.3, 0.4) is 0 Å². The molecule has 30 heavy (non-hydrogen) atoms. The highest BCUT2D eigenvalue weighted by molar-refractivity contribution is 8.14. The van der Waals surface area contributed by atoms with Crippen molar-refractivity contribution in [2.45, 2.75) is 82.8 Å². The van der Waals surface area contributed by atoms with Gasteiger partial charge in [0.05, 0.1) is 12.1 Å². The third-order valence-electron chi connectivity index (χ3n) is 5.83. The van der Waals surface area contributed by atoms with E-state index in [9.17, 15) is 19.5 Å². The Balaban J connectivity index is 1.77. The Morgan fingerprint density at radius 2 is 2.00 bits per heavy atom. The highest BCUT2D eigenvalue weighted by atomic mass is 32.2. The SMILES string of the molecule is C/C1=C/C(=O)O[C@@H]2C[C@@H](CC[C@H](C)/C=C/CC(=O)CC1)O[C@@](O)([C@@H]1CSC(=O)N1)C2. The molecule has 3 aliphatic heterocycles. The number of fused-ring (bicyclic) bond motifs is 2. The number of hydrogen-bond donors (Lipinski definition) is 2. The fourth-order valence-corrected chi connectivity index (χ4v) is 4.98. The van der Waals surface area contributed by atoms with Crippen molar-refractivity contribution in [1.82, 2.24) is 5.32 Å². The second-order valence-electron chi connectivity index (χ2n) is 8.60. The zero-order chi connectivity index (χ0) is 21.7. The predicted molar refractivity (Wildman–Crippen MR) is 114 cm³/mol. The molecule has 3 aliphatic rings. The molecule has 3 heterocycles. The number of nitrogens with one attached hydrogen (secondary N) is 1. The van der Waals surface area contributed by atoms with Crippen LogP contribution in [0.2, 0.25) is 0 Å². The van der Waals surface area contributed by atoms with Crippen LogP contribution in [0.15, 0.2) is 23.8 Å². The largest absolute Gasteiger partial charge is 0.459 e. The topological polar surface area (TPSA) is 102 Å². The maximum Gasteiger partial charge on any atom is 0.330 e. The summed E-state index contributed by atoms with van der Waals surface area (Å²) in [5, 5.41) is 13.8. The van der Waals surface area contributed by atoms with Crippen LogP contribution in [0.1, 0.15) is 58.8 Å². The van der Waals surface area contributed by atoms with Crippen molar-refractivity contribution < 1.29 is 29.0 Å². The second-order valence-corrected chi connectivity index (χ2v) is 9.59. The maximum atomic E-state index is 12.4. The Kier molecular flexibility index (Phi) is 7.76. The van der Waals surface area contributed by atoms with Crippen molar-refractivity contribution in [1.29, 1.82) is 0 Å². The number of ether oxygens (including phenoxy) is 2. The van der Waals surface area contributed by atoms with Crippen LogP contribution in [-0.2, 0) is 19.1 Å². The van der Waals surface area contributed by atoms with Gasteiger partial charge in [-0.25, -0.2) is 4.79 Å². The minimum absolute atomic E-state index is 0.113. The summed E-state index contributed by atoms with van der Waals surface area (Å²) in [4.78, 5) is 36.1. The van der Waals surface area contributed by atoms with E-state index < -0.39 is 23.9 Å². The summed E-state index contributed by atoms with van der Waals surface area (Å²) in [5.41, 5.74) is 0.788. The number of ketones is 1. The Bertz CT molecular complexity index is 735. The van der Waals surface area contributed by atoms with E-state index in [0.717, 1.165) is 23.8 Å². The van der Waals surface area contributed by atoms with Gasteiger partial charge in [0.1, 0.15) is 11.9 Å². The lowest BCUT2D eigenvalue weighted by atomic mass is 9.90. The van der Waals surface area contributed by atoms with Gasteiger partial charge in [-0.1, -0.05) is 36.4 Å². The van der Waals surface area contributed by atoms with Crippen LogP contribution in [0.4, 0.5) is 4.79 Å². The van der Waals surface area contributed by atoms with Crippen LogP contribution in [-0.4, -0.2) is 51.9 Å². The van der Waals surface area contributed by atoms with E-state index in [-0.39, 0.29) is 29.5 Å². The van der Waals surface area contributed by atoms with Crippen molar-refractivity contribution in [2.24, 2.45) is 5.92 Å². The summed E-state index contributed by atoms with van der Waals surface area (Å²) >= 11 is 1.12. The molecule has 2 saturated heterocycles. The number of amides is 1. The molecule has 0 radical (unpaired) electrons. The summed E-state index contributed by atoms with van der Waals surface area (Å²) in [6, 6.07) is -0.537. The molecule has 2 fully saturated rings. The second kappa shape index (κ2) is 10.1.